The van der Waals surface area contributed by atoms with E-state index in [1.807, 2.05) is 18.2 Å². The largest absolute Gasteiger partial charge is 0.472 e. The van der Waals surface area contributed by atoms with Gasteiger partial charge in [-0.25, -0.2) is 0 Å². The molecule has 0 spiro atoms. The maximum Gasteiger partial charge on any atom is 0.101 e. The predicted octanol–water partition coefficient (Wildman–Crippen LogP) is 2.40. The van der Waals surface area contributed by atoms with Crippen LogP contribution in [0.3, 0.4) is 0 Å². The highest BCUT2D eigenvalue weighted by Crippen LogP contribution is 2.28. The Bertz CT molecular complexity index is 480. The number of hydrogen-bond acceptors (Lipinski definition) is 3. The van der Waals surface area contributed by atoms with E-state index in [1.54, 1.807) is 24.7 Å². The summed E-state index contributed by atoms with van der Waals surface area (Å²) >= 11 is 0. The summed E-state index contributed by atoms with van der Waals surface area (Å²) in [6.45, 7) is 0. The van der Waals surface area contributed by atoms with Crippen LogP contribution in [0.5, 0.6) is 0 Å². The maximum absolute atomic E-state index is 8.79. The van der Waals surface area contributed by atoms with Crippen molar-refractivity contribution in [2.24, 2.45) is 0 Å². The molecule has 0 aliphatic heterocycles. The summed E-state index contributed by atoms with van der Waals surface area (Å²) in [6.07, 6.45) is 3.18. The van der Waals surface area contributed by atoms with Gasteiger partial charge >= 0.3 is 0 Å². The molecular formula is C11H8N2O. The first-order valence-corrected chi connectivity index (χ1v) is 4.14. The van der Waals surface area contributed by atoms with Gasteiger partial charge in [-0.05, 0) is 12.1 Å². The third-order valence-corrected chi connectivity index (χ3v) is 2.06. The van der Waals surface area contributed by atoms with Gasteiger partial charge in [0.25, 0.3) is 0 Å². The zero-order valence-electron chi connectivity index (χ0n) is 7.40. The molecule has 3 heteroatoms. The molecule has 2 N–H and O–H groups in total. The van der Waals surface area contributed by atoms with E-state index in [9.17, 15) is 0 Å². The van der Waals surface area contributed by atoms with Crippen molar-refractivity contribution in [1.82, 2.24) is 0 Å². The van der Waals surface area contributed by atoms with Gasteiger partial charge in [0.2, 0.25) is 0 Å². The number of hydrogen-bond donors (Lipinski definition) is 1. The van der Waals surface area contributed by atoms with Crippen molar-refractivity contribution in [3.05, 3.63) is 42.4 Å². The lowest BCUT2D eigenvalue weighted by Gasteiger charge is -2.03. The van der Waals surface area contributed by atoms with Crippen LogP contribution in [0.25, 0.3) is 11.1 Å². The Kier molecular flexibility index (Phi) is 1.96. The molecule has 2 rings (SSSR count). The van der Waals surface area contributed by atoms with Gasteiger partial charge < -0.3 is 10.2 Å². The fraction of sp³-hybridized carbons (Fsp3) is 0. The van der Waals surface area contributed by atoms with E-state index in [0.29, 0.717) is 11.3 Å². The van der Waals surface area contributed by atoms with E-state index in [0.717, 1.165) is 11.1 Å². The fourth-order valence-electron chi connectivity index (χ4n) is 1.33. The molecule has 0 radical (unpaired) electrons. The summed E-state index contributed by atoms with van der Waals surface area (Å²) in [5, 5.41) is 8.79. The minimum atomic E-state index is 0.490. The first-order chi connectivity index (χ1) is 6.83. The molecular weight excluding hydrogens is 176 g/mol. The number of nitriles is 1. The Morgan fingerprint density at radius 3 is 2.79 bits per heavy atom. The number of nitrogen functional groups attached to an aromatic ring is 1. The number of benzene rings is 1. The Balaban J connectivity index is 2.61. The standard InChI is InChI=1S/C11H8N2O/c12-6-8-2-1-3-10(11(8)13)9-4-5-14-7-9/h1-5,7H,13H2. The van der Waals surface area contributed by atoms with Crippen LogP contribution in [-0.2, 0) is 0 Å². The van der Waals surface area contributed by atoms with Crippen molar-refractivity contribution in [2.75, 3.05) is 5.73 Å². The summed E-state index contributed by atoms with van der Waals surface area (Å²) in [5.74, 6) is 0. The summed E-state index contributed by atoms with van der Waals surface area (Å²) in [6, 6.07) is 9.21. The zero-order valence-corrected chi connectivity index (χ0v) is 7.40. The van der Waals surface area contributed by atoms with E-state index in [1.165, 1.54) is 0 Å². The number of furan rings is 1. The van der Waals surface area contributed by atoms with Crippen LogP contribution in [0, 0.1) is 11.3 Å². The molecule has 68 valence electrons. The predicted molar refractivity (Wildman–Crippen MR) is 53.3 cm³/mol. The average molecular weight is 184 g/mol. The van der Waals surface area contributed by atoms with Crippen LogP contribution in [0.15, 0.2) is 41.2 Å². The van der Waals surface area contributed by atoms with Crippen LogP contribution < -0.4 is 5.73 Å². The molecule has 2 aromatic rings. The molecule has 0 amide bonds. The van der Waals surface area contributed by atoms with Gasteiger partial charge in [0, 0.05) is 11.1 Å². The highest BCUT2D eigenvalue weighted by atomic mass is 16.3. The lowest BCUT2D eigenvalue weighted by Crippen LogP contribution is -1.92. The van der Waals surface area contributed by atoms with Crippen molar-refractivity contribution in [2.45, 2.75) is 0 Å². The van der Waals surface area contributed by atoms with E-state index < -0.39 is 0 Å². The van der Waals surface area contributed by atoms with Gasteiger partial charge in [0.05, 0.1) is 23.8 Å². The maximum atomic E-state index is 8.79. The molecule has 0 unspecified atom stereocenters. The molecule has 1 aromatic carbocycles. The second-order valence-corrected chi connectivity index (χ2v) is 2.89. The van der Waals surface area contributed by atoms with Gasteiger partial charge in [0.1, 0.15) is 6.07 Å². The summed E-state index contributed by atoms with van der Waals surface area (Å²) in [7, 11) is 0. The Hall–Kier alpha value is -2.21. The monoisotopic (exact) mass is 184 g/mol. The van der Waals surface area contributed by atoms with E-state index in [4.69, 9.17) is 15.4 Å². The van der Waals surface area contributed by atoms with Crippen molar-refractivity contribution in [3.63, 3.8) is 0 Å². The van der Waals surface area contributed by atoms with E-state index >= 15 is 0 Å². The smallest absolute Gasteiger partial charge is 0.101 e. The minimum absolute atomic E-state index is 0.490. The van der Waals surface area contributed by atoms with Crippen LogP contribution >= 0.6 is 0 Å². The molecule has 0 fully saturated rings. The molecule has 1 aromatic heterocycles. The number of para-hydroxylation sites is 1. The molecule has 0 aliphatic carbocycles. The Morgan fingerprint density at radius 2 is 2.14 bits per heavy atom. The number of anilines is 1. The van der Waals surface area contributed by atoms with Gasteiger partial charge in [0.15, 0.2) is 0 Å². The van der Waals surface area contributed by atoms with Crippen LogP contribution in [0.4, 0.5) is 5.69 Å². The number of nitrogens with two attached hydrogens (primary N) is 1. The average Bonchev–Trinajstić information content (AvgIpc) is 2.71. The van der Waals surface area contributed by atoms with Crippen molar-refractivity contribution in [1.29, 1.82) is 5.26 Å². The fourth-order valence-corrected chi connectivity index (χ4v) is 1.33. The topological polar surface area (TPSA) is 63.0 Å². The molecule has 0 saturated heterocycles. The summed E-state index contributed by atoms with van der Waals surface area (Å²) in [5.41, 5.74) is 8.53. The molecule has 14 heavy (non-hydrogen) atoms. The highest BCUT2D eigenvalue weighted by molar-refractivity contribution is 5.79. The Labute approximate surface area is 81.4 Å². The minimum Gasteiger partial charge on any atom is -0.472 e. The van der Waals surface area contributed by atoms with Crippen LogP contribution in [0.1, 0.15) is 5.56 Å². The normalized spacial score (nSPS) is 9.64. The zero-order chi connectivity index (χ0) is 9.97. The van der Waals surface area contributed by atoms with E-state index in [2.05, 4.69) is 0 Å². The first-order valence-electron chi connectivity index (χ1n) is 4.14. The summed E-state index contributed by atoms with van der Waals surface area (Å²) < 4.78 is 4.96. The SMILES string of the molecule is N#Cc1cccc(-c2ccoc2)c1N. The molecule has 1 heterocycles. The van der Waals surface area contributed by atoms with Gasteiger partial charge in [-0.1, -0.05) is 12.1 Å². The molecule has 0 aliphatic rings. The van der Waals surface area contributed by atoms with Gasteiger partial charge in [-0.15, -0.1) is 0 Å². The van der Waals surface area contributed by atoms with E-state index in [-0.39, 0.29) is 0 Å². The lowest BCUT2D eigenvalue weighted by atomic mass is 10.0. The second-order valence-electron chi connectivity index (χ2n) is 2.89. The van der Waals surface area contributed by atoms with Gasteiger partial charge in [-0.3, -0.25) is 0 Å². The third kappa shape index (κ3) is 1.23. The van der Waals surface area contributed by atoms with Crippen LogP contribution in [-0.4, -0.2) is 0 Å². The lowest BCUT2D eigenvalue weighted by molar-refractivity contribution is 0.568. The molecule has 0 bridgehead atoms. The second kappa shape index (κ2) is 3.27. The highest BCUT2D eigenvalue weighted by Gasteiger charge is 2.06. The first kappa shape index (κ1) is 8.39. The van der Waals surface area contributed by atoms with Gasteiger partial charge in [-0.2, -0.15) is 5.26 Å². The molecule has 0 saturated carbocycles. The third-order valence-electron chi connectivity index (χ3n) is 2.06. The quantitative estimate of drug-likeness (QED) is 0.692. The summed E-state index contributed by atoms with van der Waals surface area (Å²) in [4.78, 5) is 0. The van der Waals surface area contributed by atoms with Crippen molar-refractivity contribution in [3.8, 4) is 17.2 Å². The molecule has 0 atom stereocenters. The van der Waals surface area contributed by atoms with Crippen molar-refractivity contribution < 1.29 is 4.42 Å². The van der Waals surface area contributed by atoms with Crippen molar-refractivity contribution >= 4 is 5.69 Å². The number of rotatable bonds is 1. The number of nitrogens with zero attached hydrogens (tertiary/aromatic N) is 1. The Morgan fingerprint density at radius 1 is 1.29 bits per heavy atom. The molecule has 3 nitrogen and oxygen atoms in total. The van der Waals surface area contributed by atoms with Crippen LogP contribution in [0.2, 0.25) is 0 Å².